The number of benzene rings is 2. The van der Waals surface area contributed by atoms with Gasteiger partial charge in [0.2, 0.25) is 0 Å². The summed E-state index contributed by atoms with van der Waals surface area (Å²) >= 11 is 9.23. The third-order valence-electron chi connectivity index (χ3n) is 3.47. The number of Topliss-reactive ketones (excluding diaryl/α,β-unsaturated/α-hetero) is 1. The largest absolute Gasteiger partial charge is 0.300 e. The van der Waals surface area contributed by atoms with Gasteiger partial charge in [-0.2, -0.15) is 0 Å². The fourth-order valence-electron chi connectivity index (χ4n) is 2.53. The van der Waals surface area contributed by atoms with Crippen molar-refractivity contribution >= 4 is 44.9 Å². The summed E-state index contributed by atoms with van der Waals surface area (Å²) in [4.78, 5) is 25.9. The summed E-state index contributed by atoms with van der Waals surface area (Å²) in [5, 5.41) is 0.642. The summed E-state index contributed by atoms with van der Waals surface area (Å²) in [6, 6.07) is 10.9. The van der Waals surface area contributed by atoms with Crippen molar-refractivity contribution in [1.29, 1.82) is 0 Å². The monoisotopic (exact) mass is 363 g/mol. The van der Waals surface area contributed by atoms with Crippen LogP contribution in [0, 0.1) is 6.92 Å². The van der Waals surface area contributed by atoms with Gasteiger partial charge < -0.3 is 4.90 Å². The molecule has 3 rings (SSSR count). The molecule has 0 N–H and O–H groups in total. The number of carbonyl (C=O) groups excluding carboxylic acids is 2. The highest BCUT2D eigenvalue weighted by Gasteiger charge is 2.37. The van der Waals surface area contributed by atoms with Crippen LogP contribution in [0.25, 0.3) is 0 Å². The Balaban J connectivity index is 2.03. The molecule has 3 nitrogen and oxygen atoms in total. The molecule has 0 saturated heterocycles. The molecule has 0 saturated carbocycles. The molecular formula is C16H11BrClNO2. The fraction of sp³-hybridized carbons (Fsp3) is 0.125. The van der Waals surface area contributed by atoms with Crippen molar-refractivity contribution in [3.05, 3.63) is 62.6 Å². The SMILES string of the molecule is Cc1cc(Br)cc2c1N(Cc1ccc(Cl)cc1)C(=O)C2=O. The number of rotatable bonds is 2. The van der Waals surface area contributed by atoms with E-state index < -0.39 is 11.7 Å². The van der Waals surface area contributed by atoms with E-state index in [1.807, 2.05) is 25.1 Å². The second kappa shape index (κ2) is 5.28. The number of anilines is 1. The predicted molar refractivity (Wildman–Crippen MR) is 85.9 cm³/mol. The first-order valence-electron chi connectivity index (χ1n) is 6.38. The second-order valence-electron chi connectivity index (χ2n) is 4.97. The van der Waals surface area contributed by atoms with Crippen LogP contribution >= 0.6 is 27.5 Å². The fourth-order valence-corrected chi connectivity index (χ4v) is 3.23. The lowest BCUT2D eigenvalue weighted by Gasteiger charge is -2.18. The van der Waals surface area contributed by atoms with Crippen LogP contribution in [0.5, 0.6) is 0 Å². The number of fused-ring (bicyclic) bond motifs is 1. The molecule has 106 valence electrons. The zero-order valence-electron chi connectivity index (χ0n) is 11.2. The molecule has 5 heteroatoms. The third kappa shape index (κ3) is 2.49. The highest BCUT2D eigenvalue weighted by atomic mass is 79.9. The van der Waals surface area contributed by atoms with Crippen LogP contribution in [0.4, 0.5) is 5.69 Å². The maximum absolute atomic E-state index is 12.2. The van der Waals surface area contributed by atoms with E-state index in [-0.39, 0.29) is 0 Å². The molecule has 2 aromatic rings. The Morgan fingerprint density at radius 2 is 1.81 bits per heavy atom. The molecule has 1 heterocycles. The van der Waals surface area contributed by atoms with Gasteiger partial charge in [0.15, 0.2) is 0 Å². The van der Waals surface area contributed by atoms with Crippen LogP contribution in [0.1, 0.15) is 21.5 Å². The van der Waals surface area contributed by atoms with Gasteiger partial charge in [0.05, 0.1) is 17.8 Å². The number of hydrogen-bond acceptors (Lipinski definition) is 2. The molecule has 1 amide bonds. The van der Waals surface area contributed by atoms with E-state index in [0.717, 1.165) is 15.6 Å². The minimum Gasteiger partial charge on any atom is -0.300 e. The molecule has 2 aromatic carbocycles. The van der Waals surface area contributed by atoms with Crippen molar-refractivity contribution in [3.63, 3.8) is 0 Å². The molecule has 0 aliphatic carbocycles. The van der Waals surface area contributed by atoms with Crippen molar-refractivity contribution in [2.24, 2.45) is 0 Å². The van der Waals surface area contributed by atoms with Gasteiger partial charge in [-0.05, 0) is 42.3 Å². The Morgan fingerprint density at radius 1 is 1.14 bits per heavy atom. The Hall–Kier alpha value is -1.65. The van der Waals surface area contributed by atoms with Crippen LogP contribution in [-0.4, -0.2) is 11.7 Å². The van der Waals surface area contributed by atoms with Gasteiger partial charge in [0.25, 0.3) is 11.7 Å². The van der Waals surface area contributed by atoms with Crippen molar-refractivity contribution in [2.75, 3.05) is 4.90 Å². The lowest BCUT2D eigenvalue weighted by Crippen LogP contribution is -2.29. The zero-order valence-corrected chi connectivity index (χ0v) is 13.5. The molecule has 0 unspecified atom stereocenters. The topological polar surface area (TPSA) is 37.4 Å². The molecule has 0 aromatic heterocycles. The standard InChI is InChI=1S/C16H11BrClNO2/c1-9-6-11(17)7-13-14(9)19(16(21)15(13)20)8-10-2-4-12(18)5-3-10/h2-7H,8H2,1H3. The number of nitrogens with zero attached hydrogens (tertiary/aromatic N) is 1. The maximum Gasteiger partial charge on any atom is 0.299 e. The Labute approximate surface area is 135 Å². The van der Waals surface area contributed by atoms with E-state index in [9.17, 15) is 9.59 Å². The van der Waals surface area contributed by atoms with Gasteiger partial charge in [0, 0.05) is 9.50 Å². The Bertz CT molecular complexity index is 756. The van der Waals surface area contributed by atoms with Crippen LogP contribution < -0.4 is 4.90 Å². The van der Waals surface area contributed by atoms with E-state index in [0.29, 0.717) is 22.8 Å². The predicted octanol–water partition coefficient (Wildman–Crippen LogP) is 4.14. The average molecular weight is 365 g/mol. The first-order valence-corrected chi connectivity index (χ1v) is 7.55. The van der Waals surface area contributed by atoms with Crippen LogP contribution in [0.2, 0.25) is 5.02 Å². The minimum atomic E-state index is -0.485. The van der Waals surface area contributed by atoms with Crippen molar-refractivity contribution in [2.45, 2.75) is 13.5 Å². The summed E-state index contributed by atoms with van der Waals surface area (Å²) in [5.41, 5.74) is 2.98. The van der Waals surface area contributed by atoms with Gasteiger partial charge in [0.1, 0.15) is 0 Å². The summed E-state index contributed by atoms with van der Waals surface area (Å²) in [6.45, 7) is 2.25. The maximum atomic E-state index is 12.2. The highest BCUT2D eigenvalue weighted by Crippen LogP contribution is 2.36. The summed E-state index contributed by atoms with van der Waals surface area (Å²) < 4.78 is 0.799. The third-order valence-corrected chi connectivity index (χ3v) is 4.18. The number of halogens is 2. The Kier molecular flexibility index (Phi) is 3.59. The summed E-state index contributed by atoms with van der Waals surface area (Å²) in [7, 11) is 0. The molecule has 0 spiro atoms. The minimum absolute atomic E-state index is 0.358. The highest BCUT2D eigenvalue weighted by molar-refractivity contribution is 9.10. The van der Waals surface area contributed by atoms with E-state index >= 15 is 0 Å². The van der Waals surface area contributed by atoms with Crippen molar-refractivity contribution in [3.8, 4) is 0 Å². The molecule has 0 bridgehead atoms. The van der Waals surface area contributed by atoms with E-state index in [1.54, 1.807) is 18.2 Å². The molecule has 0 atom stereocenters. The number of carbonyl (C=O) groups is 2. The van der Waals surface area contributed by atoms with Gasteiger partial charge in [-0.15, -0.1) is 0 Å². The van der Waals surface area contributed by atoms with Gasteiger partial charge >= 0.3 is 0 Å². The zero-order chi connectivity index (χ0) is 15.1. The van der Waals surface area contributed by atoms with Crippen LogP contribution in [0.15, 0.2) is 40.9 Å². The molecule has 1 aliphatic rings. The lowest BCUT2D eigenvalue weighted by molar-refractivity contribution is -0.114. The quantitative estimate of drug-likeness (QED) is 0.751. The van der Waals surface area contributed by atoms with E-state index in [1.165, 1.54) is 4.90 Å². The summed E-state index contributed by atoms with van der Waals surface area (Å²) in [6.07, 6.45) is 0. The lowest BCUT2D eigenvalue weighted by atomic mass is 10.1. The Morgan fingerprint density at radius 3 is 2.48 bits per heavy atom. The van der Waals surface area contributed by atoms with Gasteiger partial charge in [-0.25, -0.2) is 0 Å². The first-order chi connectivity index (χ1) is 9.97. The van der Waals surface area contributed by atoms with Crippen molar-refractivity contribution < 1.29 is 9.59 Å². The molecule has 0 fully saturated rings. The number of hydrogen-bond donors (Lipinski definition) is 0. The second-order valence-corrected chi connectivity index (χ2v) is 6.32. The van der Waals surface area contributed by atoms with Gasteiger partial charge in [-0.3, -0.25) is 9.59 Å². The molecule has 21 heavy (non-hydrogen) atoms. The van der Waals surface area contributed by atoms with E-state index in [4.69, 9.17) is 11.6 Å². The first kappa shape index (κ1) is 14.3. The number of amides is 1. The number of aryl methyl sites for hydroxylation is 1. The van der Waals surface area contributed by atoms with Crippen molar-refractivity contribution in [1.82, 2.24) is 0 Å². The van der Waals surface area contributed by atoms with Crippen LogP contribution in [-0.2, 0) is 11.3 Å². The molecule has 0 radical (unpaired) electrons. The molecular weight excluding hydrogens is 354 g/mol. The smallest absolute Gasteiger partial charge is 0.299 e. The summed E-state index contributed by atoms with van der Waals surface area (Å²) in [5.74, 6) is -0.940. The van der Waals surface area contributed by atoms with E-state index in [2.05, 4.69) is 15.9 Å². The average Bonchev–Trinajstić information content (AvgIpc) is 2.67. The normalized spacial score (nSPS) is 13.8. The molecule has 1 aliphatic heterocycles. The van der Waals surface area contributed by atoms with Gasteiger partial charge in [-0.1, -0.05) is 39.7 Å². The number of ketones is 1. The van der Waals surface area contributed by atoms with Crippen LogP contribution in [0.3, 0.4) is 0 Å².